The molecule has 1 aliphatic heterocycles. The Morgan fingerprint density at radius 2 is 1.96 bits per heavy atom. The number of fused-ring (bicyclic) bond motifs is 1. The molecule has 1 fully saturated rings. The van der Waals surface area contributed by atoms with Crippen molar-refractivity contribution in [1.82, 2.24) is 9.97 Å². The van der Waals surface area contributed by atoms with Gasteiger partial charge in [-0.2, -0.15) is 0 Å². The van der Waals surface area contributed by atoms with Crippen molar-refractivity contribution in [1.29, 1.82) is 0 Å². The zero-order chi connectivity index (χ0) is 19.5. The molecule has 0 unspecified atom stereocenters. The van der Waals surface area contributed by atoms with E-state index in [0.717, 1.165) is 30.7 Å². The van der Waals surface area contributed by atoms with Gasteiger partial charge in [0, 0.05) is 12.3 Å². The van der Waals surface area contributed by atoms with Crippen molar-refractivity contribution in [3.63, 3.8) is 0 Å². The predicted molar refractivity (Wildman–Crippen MR) is 108 cm³/mol. The lowest BCUT2D eigenvalue weighted by molar-refractivity contribution is 0.0157. The second-order valence-electron chi connectivity index (χ2n) is 7.09. The fourth-order valence-electron chi connectivity index (χ4n) is 3.32. The molecule has 0 amide bonds. The lowest BCUT2D eigenvalue weighted by atomic mass is 10.1. The summed E-state index contributed by atoms with van der Waals surface area (Å²) in [4.78, 5) is 21.9. The Morgan fingerprint density at radius 1 is 1.18 bits per heavy atom. The number of esters is 1. The smallest absolute Gasteiger partial charge is 0.360 e. The lowest BCUT2D eigenvalue weighted by Crippen LogP contribution is -2.20. The van der Waals surface area contributed by atoms with Crippen LogP contribution in [0.25, 0.3) is 11.0 Å². The monoisotopic (exact) mass is 377 g/mol. The van der Waals surface area contributed by atoms with Gasteiger partial charge >= 0.3 is 5.97 Å². The van der Waals surface area contributed by atoms with Crippen LogP contribution in [0.3, 0.4) is 0 Å². The molecule has 0 bridgehead atoms. The van der Waals surface area contributed by atoms with E-state index in [1.54, 1.807) is 0 Å². The molecule has 6 nitrogen and oxygen atoms in total. The summed E-state index contributed by atoms with van der Waals surface area (Å²) in [5.41, 5.74) is 4.65. The fraction of sp³-hybridized carbons (Fsp3) is 0.318. The molecule has 3 aromatic rings. The summed E-state index contributed by atoms with van der Waals surface area (Å²) >= 11 is 0. The largest absolute Gasteiger partial charge is 0.458 e. The van der Waals surface area contributed by atoms with Crippen LogP contribution in [0.1, 0.15) is 34.5 Å². The Hall–Kier alpha value is -2.99. The van der Waals surface area contributed by atoms with Crippen LogP contribution in [-0.2, 0) is 9.47 Å². The zero-order valence-corrected chi connectivity index (χ0v) is 16.1. The first kappa shape index (κ1) is 18.4. The van der Waals surface area contributed by atoms with Crippen LogP contribution in [-0.4, -0.2) is 35.3 Å². The van der Waals surface area contributed by atoms with E-state index in [1.807, 2.05) is 50.2 Å². The topological polar surface area (TPSA) is 73.3 Å². The molecule has 28 heavy (non-hydrogen) atoms. The minimum absolute atomic E-state index is 0.0342. The zero-order valence-electron chi connectivity index (χ0n) is 16.1. The molecule has 1 saturated heterocycles. The maximum Gasteiger partial charge on any atom is 0.360 e. The molecular weight excluding hydrogens is 354 g/mol. The number of ether oxygens (including phenoxy) is 2. The number of hydrogen-bond acceptors (Lipinski definition) is 6. The van der Waals surface area contributed by atoms with E-state index in [0.29, 0.717) is 16.9 Å². The van der Waals surface area contributed by atoms with Gasteiger partial charge in [0.1, 0.15) is 6.61 Å². The molecule has 1 aromatic heterocycles. The number of aromatic nitrogens is 2. The van der Waals surface area contributed by atoms with E-state index in [-0.39, 0.29) is 18.4 Å². The third kappa shape index (κ3) is 3.97. The van der Waals surface area contributed by atoms with E-state index in [4.69, 9.17) is 9.47 Å². The summed E-state index contributed by atoms with van der Waals surface area (Å²) in [6.45, 7) is 5.01. The summed E-state index contributed by atoms with van der Waals surface area (Å²) in [5, 5.41) is 3.26. The van der Waals surface area contributed by atoms with Crippen molar-refractivity contribution in [3.05, 3.63) is 59.3 Å². The number of anilines is 2. The number of carbonyl (C=O) groups excluding carboxylic acids is 1. The SMILES string of the molecule is Cc1ccc(Nc2nc3ccccc3nc2C(=O)OC[C@H]2CCCO2)c(C)c1. The summed E-state index contributed by atoms with van der Waals surface area (Å²) in [6, 6.07) is 13.5. The normalized spacial score (nSPS) is 16.3. The average Bonchev–Trinajstić information content (AvgIpc) is 3.21. The van der Waals surface area contributed by atoms with Gasteiger partial charge in [-0.25, -0.2) is 14.8 Å². The maximum atomic E-state index is 12.8. The van der Waals surface area contributed by atoms with E-state index in [9.17, 15) is 4.79 Å². The van der Waals surface area contributed by atoms with Crippen LogP contribution in [0.2, 0.25) is 0 Å². The van der Waals surface area contributed by atoms with E-state index in [2.05, 4.69) is 21.4 Å². The molecule has 0 saturated carbocycles. The summed E-state index contributed by atoms with van der Waals surface area (Å²) in [7, 11) is 0. The van der Waals surface area contributed by atoms with Crippen LogP contribution in [0.4, 0.5) is 11.5 Å². The standard InChI is InChI=1S/C22H23N3O3/c1-14-9-10-17(15(2)12-14)24-21-20(22(26)28-13-16-6-5-11-27-16)23-18-7-3-4-8-19(18)25-21/h3-4,7-10,12,16H,5-6,11,13H2,1-2H3,(H,24,25)/t16-/m1/s1. The first-order chi connectivity index (χ1) is 13.6. The quantitative estimate of drug-likeness (QED) is 0.667. The summed E-state index contributed by atoms with van der Waals surface area (Å²) < 4.78 is 11.0. The minimum atomic E-state index is -0.499. The summed E-state index contributed by atoms with van der Waals surface area (Å²) in [6.07, 6.45) is 1.87. The highest BCUT2D eigenvalue weighted by atomic mass is 16.6. The first-order valence-corrected chi connectivity index (χ1v) is 9.50. The highest BCUT2D eigenvalue weighted by Gasteiger charge is 2.22. The molecule has 1 atom stereocenters. The minimum Gasteiger partial charge on any atom is -0.458 e. The third-order valence-electron chi connectivity index (χ3n) is 4.82. The lowest BCUT2D eigenvalue weighted by Gasteiger charge is -2.14. The van der Waals surface area contributed by atoms with Gasteiger partial charge in [-0.15, -0.1) is 0 Å². The van der Waals surface area contributed by atoms with Gasteiger partial charge in [0.25, 0.3) is 0 Å². The van der Waals surface area contributed by atoms with E-state index in [1.165, 1.54) is 5.56 Å². The Balaban J connectivity index is 1.66. The number of benzene rings is 2. The molecule has 0 aliphatic carbocycles. The van der Waals surface area contributed by atoms with Crippen molar-refractivity contribution in [2.24, 2.45) is 0 Å². The Kier molecular flexibility index (Phi) is 5.21. The molecule has 0 radical (unpaired) electrons. The number of nitrogens with zero attached hydrogens (tertiary/aromatic N) is 2. The van der Waals surface area contributed by atoms with Crippen molar-refractivity contribution < 1.29 is 14.3 Å². The molecule has 4 rings (SSSR count). The van der Waals surface area contributed by atoms with Crippen molar-refractivity contribution in [3.8, 4) is 0 Å². The van der Waals surface area contributed by atoms with Crippen LogP contribution < -0.4 is 5.32 Å². The van der Waals surface area contributed by atoms with Gasteiger partial charge in [0.05, 0.1) is 17.1 Å². The third-order valence-corrected chi connectivity index (χ3v) is 4.82. The fourth-order valence-corrected chi connectivity index (χ4v) is 3.32. The first-order valence-electron chi connectivity index (χ1n) is 9.50. The number of aryl methyl sites for hydroxylation is 2. The molecule has 0 spiro atoms. The van der Waals surface area contributed by atoms with Crippen molar-refractivity contribution in [2.75, 3.05) is 18.5 Å². The van der Waals surface area contributed by atoms with E-state index >= 15 is 0 Å². The number of para-hydroxylation sites is 2. The van der Waals surface area contributed by atoms with Crippen LogP contribution in [0, 0.1) is 13.8 Å². The molecule has 144 valence electrons. The molecular formula is C22H23N3O3. The molecule has 1 aliphatic rings. The average molecular weight is 377 g/mol. The van der Waals surface area contributed by atoms with Crippen molar-refractivity contribution >= 4 is 28.5 Å². The number of nitrogens with one attached hydrogen (secondary N) is 1. The highest BCUT2D eigenvalue weighted by molar-refractivity contribution is 5.96. The van der Waals surface area contributed by atoms with Gasteiger partial charge in [-0.1, -0.05) is 29.8 Å². The number of carbonyl (C=O) groups is 1. The van der Waals surface area contributed by atoms with Gasteiger partial charge in [0.2, 0.25) is 0 Å². The maximum absolute atomic E-state index is 12.8. The molecule has 2 aromatic carbocycles. The Labute approximate surface area is 163 Å². The summed E-state index contributed by atoms with van der Waals surface area (Å²) in [5.74, 6) is -0.107. The Bertz CT molecular complexity index is 1010. The molecule has 6 heteroatoms. The number of rotatable bonds is 5. The van der Waals surface area contributed by atoms with Gasteiger partial charge in [-0.3, -0.25) is 0 Å². The van der Waals surface area contributed by atoms with Crippen molar-refractivity contribution in [2.45, 2.75) is 32.8 Å². The van der Waals surface area contributed by atoms with E-state index < -0.39 is 5.97 Å². The predicted octanol–water partition coefficient (Wildman–Crippen LogP) is 4.33. The van der Waals surface area contributed by atoms with Crippen LogP contribution in [0.5, 0.6) is 0 Å². The van der Waals surface area contributed by atoms with Crippen LogP contribution in [0.15, 0.2) is 42.5 Å². The second kappa shape index (κ2) is 7.94. The number of hydrogen-bond donors (Lipinski definition) is 1. The van der Waals surface area contributed by atoms with Gasteiger partial charge in [0.15, 0.2) is 11.5 Å². The highest BCUT2D eigenvalue weighted by Crippen LogP contribution is 2.25. The second-order valence-corrected chi connectivity index (χ2v) is 7.09. The Morgan fingerprint density at radius 3 is 2.68 bits per heavy atom. The van der Waals surface area contributed by atoms with Gasteiger partial charge in [-0.05, 0) is 50.5 Å². The molecule has 2 heterocycles. The van der Waals surface area contributed by atoms with Crippen LogP contribution >= 0.6 is 0 Å². The van der Waals surface area contributed by atoms with Gasteiger partial charge < -0.3 is 14.8 Å². The molecule has 1 N–H and O–H groups in total.